The Morgan fingerprint density at radius 2 is 1.63 bits per heavy atom. The van der Waals surface area contributed by atoms with E-state index in [2.05, 4.69) is 10.2 Å². The van der Waals surface area contributed by atoms with Crippen molar-refractivity contribution in [3.8, 4) is 0 Å². The molecule has 3 N–H and O–H groups in total. The van der Waals surface area contributed by atoms with Crippen molar-refractivity contribution in [1.29, 1.82) is 0 Å². The summed E-state index contributed by atoms with van der Waals surface area (Å²) in [5, 5.41) is 3.39. The molecule has 0 aromatic heterocycles. The fraction of sp³-hybridized carbons (Fsp3) is 0.300. The topological polar surface area (TPSA) is 78.7 Å². The lowest BCUT2D eigenvalue weighted by Crippen LogP contribution is -2.49. The molecule has 3 amide bonds. The molecule has 1 aliphatic heterocycles. The van der Waals surface area contributed by atoms with Gasteiger partial charge in [-0.1, -0.05) is 54.1 Å². The van der Waals surface area contributed by atoms with Crippen molar-refractivity contribution in [3.05, 3.63) is 65.2 Å². The van der Waals surface area contributed by atoms with E-state index in [9.17, 15) is 9.59 Å². The van der Waals surface area contributed by atoms with Crippen LogP contribution in [0.15, 0.2) is 54.6 Å². The minimum Gasteiger partial charge on any atom is -0.367 e. The molecule has 0 saturated carbocycles. The molecule has 7 heteroatoms. The Morgan fingerprint density at radius 3 is 2.26 bits per heavy atom. The van der Waals surface area contributed by atoms with Gasteiger partial charge in [0.05, 0.1) is 23.2 Å². The normalized spacial score (nSPS) is 15.3. The van der Waals surface area contributed by atoms with E-state index in [1.54, 1.807) is 0 Å². The third-order valence-electron chi connectivity index (χ3n) is 4.72. The largest absolute Gasteiger partial charge is 0.367 e. The Morgan fingerprint density at radius 1 is 1.00 bits per heavy atom. The lowest BCUT2D eigenvalue weighted by atomic mass is 10.0. The minimum atomic E-state index is -0.639. The van der Waals surface area contributed by atoms with Crippen molar-refractivity contribution >= 4 is 29.2 Å². The van der Waals surface area contributed by atoms with E-state index in [0.29, 0.717) is 31.2 Å². The van der Waals surface area contributed by atoms with Crippen LogP contribution in [0.3, 0.4) is 0 Å². The summed E-state index contributed by atoms with van der Waals surface area (Å²) in [4.78, 5) is 28.1. The predicted molar refractivity (Wildman–Crippen MR) is 107 cm³/mol. The molecular formula is C20H23ClN4O2. The van der Waals surface area contributed by atoms with Gasteiger partial charge in [0.15, 0.2) is 0 Å². The summed E-state index contributed by atoms with van der Waals surface area (Å²) in [5.74, 6) is -0.00332. The molecule has 2 aromatic carbocycles. The van der Waals surface area contributed by atoms with Gasteiger partial charge in [-0.15, -0.1) is 0 Å². The van der Waals surface area contributed by atoms with Gasteiger partial charge in [0, 0.05) is 26.2 Å². The average molecular weight is 387 g/mol. The van der Waals surface area contributed by atoms with E-state index in [-0.39, 0.29) is 12.3 Å². The quantitative estimate of drug-likeness (QED) is 0.829. The lowest BCUT2D eigenvalue weighted by Gasteiger charge is -2.37. The molecule has 1 heterocycles. The molecule has 2 aromatic rings. The first-order valence-corrected chi connectivity index (χ1v) is 9.30. The maximum atomic E-state index is 12.8. The fourth-order valence-corrected chi connectivity index (χ4v) is 3.57. The van der Waals surface area contributed by atoms with Crippen LogP contribution in [-0.4, -0.2) is 43.0 Å². The highest BCUT2D eigenvalue weighted by Gasteiger charge is 2.25. The van der Waals surface area contributed by atoms with Crippen LogP contribution >= 0.6 is 11.6 Å². The van der Waals surface area contributed by atoms with Crippen molar-refractivity contribution in [2.45, 2.75) is 12.5 Å². The molecule has 1 fully saturated rings. The number of amides is 3. The molecule has 27 heavy (non-hydrogen) atoms. The highest BCUT2D eigenvalue weighted by atomic mass is 35.5. The SMILES string of the molecule is NC(=O)N[C@H](CC(=O)N1CCN(c2ccccc2Cl)CC1)c1ccccc1. The van der Waals surface area contributed by atoms with Crippen LogP contribution < -0.4 is 16.0 Å². The molecule has 0 radical (unpaired) electrons. The first kappa shape index (κ1) is 19.0. The van der Waals surface area contributed by atoms with E-state index in [1.807, 2.05) is 59.5 Å². The number of urea groups is 1. The van der Waals surface area contributed by atoms with Crippen LogP contribution in [0.5, 0.6) is 0 Å². The Hall–Kier alpha value is -2.73. The molecule has 142 valence electrons. The summed E-state index contributed by atoms with van der Waals surface area (Å²) in [6, 6.07) is 16.0. The number of rotatable bonds is 5. The molecule has 3 rings (SSSR count). The van der Waals surface area contributed by atoms with Gasteiger partial charge in [0.2, 0.25) is 5.91 Å². The molecule has 0 aliphatic carbocycles. The number of piperazine rings is 1. The monoisotopic (exact) mass is 386 g/mol. The van der Waals surface area contributed by atoms with Crippen molar-refractivity contribution < 1.29 is 9.59 Å². The molecule has 1 saturated heterocycles. The summed E-state index contributed by atoms with van der Waals surface area (Å²) in [6.07, 6.45) is 0.180. The molecular weight excluding hydrogens is 364 g/mol. The number of hydrogen-bond donors (Lipinski definition) is 2. The summed E-state index contributed by atoms with van der Waals surface area (Å²) in [6.45, 7) is 2.66. The number of carbonyl (C=O) groups is 2. The van der Waals surface area contributed by atoms with Crippen LogP contribution in [0.4, 0.5) is 10.5 Å². The van der Waals surface area contributed by atoms with E-state index in [4.69, 9.17) is 17.3 Å². The Balaban J connectivity index is 1.61. The van der Waals surface area contributed by atoms with Gasteiger partial charge in [-0.3, -0.25) is 4.79 Å². The van der Waals surface area contributed by atoms with E-state index >= 15 is 0 Å². The highest BCUT2D eigenvalue weighted by molar-refractivity contribution is 6.33. The molecule has 6 nitrogen and oxygen atoms in total. The predicted octanol–water partition coefficient (Wildman–Crippen LogP) is 2.79. The lowest BCUT2D eigenvalue weighted by molar-refractivity contribution is -0.132. The number of nitrogens with zero attached hydrogens (tertiary/aromatic N) is 2. The number of primary amides is 1. The van der Waals surface area contributed by atoms with Crippen LogP contribution in [-0.2, 0) is 4.79 Å². The molecule has 1 atom stereocenters. The van der Waals surface area contributed by atoms with Crippen molar-refractivity contribution in [2.75, 3.05) is 31.1 Å². The zero-order chi connectivity index (χ0) is 19.2. The zero-order valence-corrected chi connectivity index (χ0v) is 15.7. The molecule has 0 bridgehead atoms. The average Bonchev–Trinajstić information content (AvgIpc) is 2.68. The van der Waals surface area contributed by atoms with E-state index < -0.39 is 12.1 Å². The molecule has 1 aliphatic rings. The van der Waals surface area contributed by atoms with Crippen LogP contribution in [0.2, 0.25) is 5.02 Å². The van der Waals surface area contributed by atoms with Gasteiger partial charge < -0.3 is 20.9 Å². The van der Waals surface area contributed by atoms with Crippen molar-refractivity contribution in [2.24, 2.45) is 5.73 Å². The van der Waals surface area contributed by atoms with Gasteiger partial charge in [-0.05, 0) is 17.7 Å². The zero-order valence-electron chi connectivity index (χ0n) is 15.0. The number of nitrogens with two attached hydrogens (primary N) is 1. The first-order valence-electron chi connectivity index (χ1n) is 8.93. The van der Waals surface area contributed by atoms with E-state index in [1.165, 1.54) is 0 Å². The Bertz CT molecular complexity index is 792. The molecule has 0 unspecified atom stereocenters. The number of hydrogen-bond acceptors (Lipinski definition) is 3. The smallest absolute Gasteiger partial charge is 0.312 e. The fourth-order valence-electron chi connectivity index (χ4n) is 3.32. The van der Waals surface area contributed by atoms with Gasteiger partial charge in [-0.2, -0.15) is 0 Å². The van der Waals surface area contributed by atoms with Gasteiger partial charge >= 0.3 is 6.03 Å². The van der Waals surface area contributed by atoms with Crippen LogP contribution in [0, 0.1) is 0 Å². The maximum Gasteiger partial charge on any atom is 0.312 e. The van der Waals surface area contributed by atoms with Crippen molar-refractivity contribution in [1.82, 2.24) is 10.2 Å². The second kappa shape index (κ2) is 8.77. The molecule has 0 spiro atoms. The number of carbonyl (C=O) groups excluding carboxylic acids is 2. The third-order valence-corrected chi connectivity index (χ3v) is 5.04. The number of benzene rings is 2. The van der Waals surface area contributed by atoms with Crippen LogP contribution in [0.25, 0.3) is 0 Å². The second-order valence-corrected chi connectivity index (χ2v) is 6.90. The number of anilines is 1. The Labute approximate surface area is 163 Å². The standard InChI is InChI=1S/C20H23ClN4O2/c21-16-8-4-5-9-18(16)24-10-12-25(13-11-24)19(26)14-17(23-20(22)27)15-6-2-1-3-7-15/h1-9,17H,10-14H2,(H3,22,23,27)/t17-/m1/s1. The number of halogens is 1. The number of nitrogens with one attached hydrogen (secondary N) is 1. The highest BCUT2D eigenvalue weighted by Crippen LogP contribution is 2.26. The van der Waals surface area contributed by atoms with Crippen molar-refractivity contribution in [3.63, 3.8) is 0 Å². The second-order valence-electron chi connectivity index (χ2n) is 6.50. The van der Waals surface area contributed by atoms with Gasteiger partial charge in [0.25, 0.3) is 0 Å². The third kappa shape index (κ3) is 4.92. The number of para-hydroxylation sites is 1. The minimum absolute atomic E-state index is 0.00332. The first-order chi connectivity index (χ1) is 13.0. The Kier molecular flexibility index (Phi) is 6.19. The van der Waals surface area contributed by atoms with Gasteiger partial charge in [0.1, 0.15) is 0 Å². The van der Waals surface area contributed by atoms with E-state index in [0.717, 1.165) is 11.3 Å². The summed E-state index contributed by atoms with van der Waals surface area (Å²) in [5.41, 5.74) is 7.14. The summed E-state index contributed by atoms with van der Waals surface area (Å²) < 4.78 is 0. The maximum absolute atomic E-state index is 12.8. The summed E-state index contributed by atoms with van der Waals surface area (Å²) in [7, 11) is 0. The van der Waals surface area contributed by atoms with Crippen LogP contribution in [0.1, 0.15) is 18.0 Å². The van der Waals surface area contributed by atoms with Gasteiger partial charge in [-0.25, -0.2) is 4.79 Å². The summed E-state index contributed by atoms with van der Waals surface area (Å²) >= 11 is 6.27.